The number of H-pyrrole nitrogens is 1. The van der Waals surface area contributed by atoms with Crippen LogP contribution in [0.5, 0.6) is 0 Å². The predicted molar refractivity (Wildman–Crippen MR) is 47.2 cm³/mol. The van der Waals surface area contributed by atoms with Crippen molar-refractivity contribution in [1.82, 2.24) is 15.2 Å². The van der Waals surface area contributed by atoms with Crippen LogP contribution in [0.25, 0.3) is 0 Å². The molecule has 0 bridgehead atoms. The van der Waals surface area contributed by atoms with Crippen molar-refractivity contribution < 1.29 is 13.2 Å². The molecule has 1 saturated carbocycles. The maximum absolute atomic E-state index is 12.2. The smallest absolute Gasteiger partial charge is 0.262 e. The summed E-state index contributed by atoms with van der Waals surface area (Å²) in [7, 11) is 0. The Morgan fingerprint density at radius 2 is 1.80 bits per heavy atom. The SMILES string of the molecule is FC(F)(F)c1n[nH]c(C2CCCCC2)n1. The summed E-state index contributed by atoms with van der Waals surface area (Å²) in [6.07, 6.45) is 0.665. The summed E-state index contributed by atoms with van der Waals surface area (Å²) in [5, 5.41) is 5.60. The van der Waals surface area contributed by atoms with Gasteiger partial charge in [-0.2, -0.15) is 13.2 Å². The monoisotopic (exact) mass is 219 g/mol. The number of aromatic amines is 1. The molecule has 1 heterocycles. The van der Waals surface area contributed by atoms with Crippen molar-refractivity contribution in [2.75, 3.05) is 0 Å². The number of nitrogens with one attached hydrogen (secondary N) is 1. The molecule has 1 N–H and O–H groups in total. The Morgan fingerprint density at radius 1 is 1.13 bits per heavy atom. The number of rotatable bonds is 1. The second-order valence-corrected chi connectivity index (χ2v) is 3.88. The summed E-state index contributed by atoms with van der Waals surface area (Å²) in [5.74, 6) is -0.535. The minimum absolute atomic E-state index is 0.127. The van der Waals surface area contributed by atoms with Crippen molar-refractivity contribution in [3.8, 4) is 0 Å². The molecule has 1 aliphatic carbocycles. The molecule has 0 unspecified atom stereocenters. The number of hydrogen-bond donors (Lipinski definition) is 1. The van der Waals surface area contributed by atoms with Crippen LogP contribution >= 0.6 is 0 Å². The Hall–Kier alpha value is -1.07. The van der Waals surface area contributed by atoms with Crippen LogP contribution in [-0.4, -0.2) is 15.2 Å². The van der Waals surface area contributed by atoms with Gasteiger partial charge < -0.3 is 0 Å². The van der Waals surface area contributed by atoms with E-state index in [1.54, 1.807) is 0 Å². The lowest BCUT2D eigenvalue weighted by molar-refractivity contribution is -0.144. The van der Waals surface area contributed by atoms with E-state index in [0.717, 1.165) is 32.1 Å². The third-order valence-corrected chi connectivity index (χ3v) is 2.75. The molecule has 0 saturated heterocycles. The Morgan fingerprint density at radius 3 is 2.33 bits per heavy atom. The average Bonchev–Trinajstić information content (AvgIpc) is 2.67. The Balaban J connectivity index is 2.12. The summed E-state index contributed by atoms with van der Waals surface area (Å²) < 4.78 is 36.7. The van der Waals surface area contributed by atoms with Crippen LogP contribution in [0.3, 0.4) is 0 Å². The highest BCUT2D eigenvalue weighted by Gasteiger charge is 2.36. The van der Waals surface area contributed by atoms with Gasteiger partial charge in [-0.3, -0.25) is 5.10 Å². The highest BCUT2D eigenvalue weighted by Crippen LogP contribution is 2.32. The zero-order valence-electron chi connectivity index (χ0n) is 8.14. The van der Waals surface area contributed by atoms with E-state index in [-0.39, 0.29) is 5.92 Å². The van der Waals surface area contributed by atoms with Crippen LogP contribution in [0.1, 0.15) is 49.7 Å². The van der Waals surface area contributed by atoms with Crippen molar-refractivity contribution in [2.24, 2.45) is 0 Å². The summed E-state index contributed by atoms with van der Waals surface area (Å²) in [6, 6.07) is 0. The third-order valence-electron chi connectivity index (χ3n) is 2.75. The van der Waals surface area contributed by atoms with Gasteiger partial charge in [0.1, 0.15) is 5.82 Å². The lowest BCUT2D eigenvalue weighted by atomic mass is 9.89. The van der Waals surface area contributed by atoms with Gasteiger partial charge in [-0.1, -0.05) is 19.3 Å². The van der Waals surface area contributed by atoms with Gasteiger partial charge in [-0.25, -0.2) is 4.98 Å². The highest BCUT2D eigenvalue weighted by molar-refractivity contribution is 5.01. The van der Waals surface area contributed by atoms with Crippen LogP contribution < -0.4 is 0 Å². The zero-order valence-corrected chi connectivity index (χ0v) is 8.14. The molecular formula is C9H12F3N3. The molecule has 1 aromatic heterocycles. The van der Waals surface area contributed by atoms with Gasteiger partial charge in [0.15, 0.2) is 0 Å². The van der Waals surface area contributed by atoms with Crippen molar-refractivity contribution in [3.63, 3.8) is 0 Å². The lowest BCUT2D eigenvalue weighted by Gasteiger charge is -2.18. The van der Waals surface area contributed by atoms with Crippen LogP contribution in [0.15, 0.2) is 0 Å². The third kappa shape index (κ3) is 2.30. The molecular weight excluding hydrogens is 207 g/mol. The molecule has 2 rings (SSSR count). The fourth-order valence-corrected chi connectivity index (χ4v) is 1.96. The molecule has 3 nitrogen and oxygen atoms in total. The van der Waals surface area contributed by atoms with Gasteiger partial charge in [0.25, 0.3) is 5.82 Å². The number of nitrogens with zero attached hydrogens (tertiary/aromatic N) is 2. The topological polar surface area (TPSA) is 41.6 Å². The van der Waals surface area contributed by atoms with Gasteiger partial charge in [-0.05, 0) is 12.8 Å². The summed E-state index contributed by atoms with van der Waals surface area (Å²) in [6.45, 7) is 0. The predicted octanol–water partition coefficient (Wildman–Crippen LogP) is 2.87. The molecule has 1 fully saturated rings. The molecule has 0 atom stereocenters. The van der Waals surface area contributed by atoms with E-state index in [0.29, 0.717) is 5.82 Å². The van der Waals surface area contributed by atoms with E-state index in [9.17, 15) is 13.2 Å². The van der Waals surface area contributed by atoms with Crippen LogP contribution in [0, 0.1) is 0 Å². The first-order valence-electron chi connectivity index (χ1n) is 5.07. The first-order chi connectivity index (χ1) is 7.07. The summed E-state index contributed by atoms with van der Waals surface area (Å²) in [4.78, 5) is 3.51. The Kier molecular flexibility index (Phi) is 2.67. The number of aromatic nitrogens is 3. The van der Waals surface area contributed by atoms with Gasteiger partial charge in [0.2, 0.25) is 0 Å². The summed E-state index contributed by atoms with van der Waals surface area (Å²) in [5.41, 5.74) is 0. The van der Waals surface area contributed by atoms with E-state index >= 15 is 0 Å². The van der Waals surface area contributed by atoms with E-state index in [2.05, 4.69) is 15.2 Å². The Bertz CT molecular complexity index is 326. The molecule has 15 heavy (non-hydrogen) atoms. The lowest BCUT2D eigenvalue weighted by Crippen LogP contribution is -2.09. The molecule has 84 valence electrons. The van der Waals surface area contributed by atoms with Gasteiger partial charge in [0, 0.05) is 5.92 Å². The van der Waals surface area contributed by atoms with Gasteiger partial charge >= 0.3 is 6.18 Å². The van der Waals surface area contributed by atoms with Crippen molar-refractivity contribution in [1.29, 1.82) is 0 Å². The first kappa shape index (κ1) is 10.4. The largest absolute Gasteiger partial charge is 0.453 e. The van der Waals surface area contributed by atoms with Crippen LogP contribution in [0.2, 0.25) is 0 Å². The fraction of sp³-hybridized carbons (Fsp3) is 0.778. The average molecular weight is 219 g/mol. The number of hydrogen-bond acceptors (Lipinski definition) is 2. The highest BCUT2D eigenvalue weighted by atomic mass is 19.4. The van der Waals surface area contributed by atoms with Gasteiger partial charge in [-0.15, -0.1) is 5.10 Å². The molecule has 0 amide bonds. The van der Waals surface area contributed by atoms with Crippen molar-refractivity contribution >= 4 is 0 Å². The molecule has 1 aromatic rings. The molecule has 1 aliphatic rings. The standard InChI is InChI=1S/C9H12F3N3/c10-9(11,12)8-13-7(14-15-8)6-4-2-1-3-5-6/h6H,1-5H2,(H,13,14,15). The Labute approximate surface area is 85.1 Å². The molecule has 0 aromatic carbocycles. The van der Waals surface area contributed by atoms with Crippen LogP contribution in [-0.2, 0) is 6.18 Å². The van der Waals surface area contributed by atoms with E-state index in [1.165, 1.54) is 0 Å². The summed E-state index contributed by atoms with van der Waals surface area (Å²) >= 11 is 0. The molecule has 6 heteroatoms. The molecule has 0 spiro atoms. The quantitative estimate of drug-likeness (QED) is 0.789. The maximum Gasteiger partial charge on any atom is 0.453 e. The normalized spacial score (nSPS) is 19.4. The zero-order chi connectivity index (χ0) is 10.9. The second-order valence-electron chi connectivity index (χ2n) is 3.88. The number of halogens is 3. The van der Waals surface area contributed by atoms with Crippen molar-refractivity contribution in [2.45, 2.75) is 44.2 Å². The molecule has 0 radical (unpaired) electrons. The first-order valence-corrected chi connectivity index (χ1v) is 5.07. The molecule has 0 aliphatic heterocycles. The minimum atomic E-state index is -4.44. The number of alkyl halides is 3. The van der Waals surface area contributed by atoms with Crippen molar-refractivity contribution in [3.05, 3.63) is 11.6 Å². The maximum atomic E-state index is 12.2. The van der Waals surface area contributed by atoms with E-state index < -0.39 is 12.0 Å². The van der Waals surface area contributed by atoms with Crippen LogP contribution in [0.4, 0.5) is 13.2 Å². The van der Waals surface area contributed by atoms with E-state index in [4.69, 9.17) is 0 Å². The second kappa shape index (κ2) is 3.83. The van der Waals surface area contributed by atoms with Gasteiger partial charge in [0.05, 0.1) is 0 Å². The minimum Gasteiger partial charge on any atom is -0.262 e. The fourth-order valence-electron chi connectivity index (χ4n) is 1.96. The van der Waals surface area contributed by atoms with E-state index in [1.807, 2.05) is 0 Å².